The maximum absolute atomic E-state index is 12.6. The molecule has 25 heavy (non-hydrogen) atoms. The third-order valence-corrected chi connectivity index (χ3v) is 3.66. The van der Waals surface area contributed by atoms with E-state index < -0.39 is 11.7 Å². The Morgan fingerprint density at radius 2 is 1.80 bits per heavy atom. The van der Waals surface area contributed by atoms with Crippen LogP contribution in [0.5, 0.6) is 0 Å². The Bertz CT molecular complexity index is 869. The van der Waals surface area contributed by atoms with Crippen molar-refractivity contribution in [2.24, 2.45) is 0 Å². The number of anilines is 2. The number of imidazole rings is 1. The molecule has 0 bridgehead atoms. The topological polar surface area (TPSA) is 55.6 Å². The van der Waals surface area contributed by atoms with Crippen molar-refractivity contribution in [1.29, 1.82) is 0 Å². The summed E-state index contributed by atoms with van der Waals surface area (Å²) in [4.78, 5) is 13.0. The molecule has 0 aliphatic heterocycles. The molecule has 5 nitrogen and oxygen atoms in total. The molecule has 0 saturated carbocycles. The molecular weight excluding hydrogens is 331 g/mol. The lowest BCUT2D eigenvalue weighted by molar-refractivity contribution is -0.137. The van der Waals surface area contributed by atoms with E-state index in [1.54, 1.807) is 12.4 Å². The maximum Gasteiger partial charge on any atom is 0.416 e. The van der Waals surface area contributed by atoms with E-state index >= 15 is 0 Å². The third-order valence-electron chi connectivity index (χ3n) is 3.66. The van der Waals surface area contributed by atoms with E-state index in [4.69, 9.17) is 0 Å². The van der Waals surface area contributed by atoms with Crippen LogP contribution in [-0.4, -0.2) is 19.5 Å². The first kappa shape index (κ1) is 16.9. The molecule has 0 aliphatic rings. The Labute approximate surface area is 142 Å². The van der Waals surface area contributed by atoms with Crippen LogP contribution in [0.15, 0.2) is 42.9 Å². The van der Waals surface area contributed by atoms with Crippen LogP contribution >= 0.6 is 0 Å². The summed E-state index contributed by atoms with van der Waals surface area (Å²) in [7, 11) is 0. The molecule has 0 fully saturated rings. The standard InChI is InChI=1S/C17H16F3N5/c1-3-15-22-8-11(2)25(15)16-10-21-9-14(24-16)23-13-6-4-12(5-7-13)17(18,19)20/h4-10H,3H2,1-2H3,(H,23,24). The van der Waals surface area contributed by atoms with Crippen LogP contribution < -0.4 is 5.32 Å². The molecule has 0 saturated heterocycles. The van der Waals surface area contributed by atoms with Gasteiger partial charge in [0.2, 0.25) is 0 Å². The predicted molar refractivity (Wildman–Crippen MR) is 88.0 cm³/mol. The lowest BCUT2D eigenvalue weighted by Gasteiger charge is -2.11. The van der Waals surface area contributed by atoms with Gasteiger partial charge in [0.15, 0.2) is 11.6 Å². The van der Waals surface area contributed by atoms with Gasteiger partial charge in [-0.1, -0.05) is 6.92 Å². The van der Waals surface area contributed by atoms with Gasteiger partial charge in [-0.3, -0.25) is 9.55 Å². The van der Waals surface area contributed by atoms with Gasteiger partial charge in [0, 0.05) is 24.0 Å². The highest BCUT2D eigenvalue weighted by molar-refractivity contribution is 5.56. The molecule has 1 N–H and O–H groups in total. The number of aromatic nitrogens is 4. The summed E-state index contributed by atoms with van der Waals surface area (Å²) in [6.07, 6.45) is 1.28. The molecule has 0 atom stereocenters. The minimum Gasteiger partial charge on any atom is -0.339 e. The molecule has 3 rings (SSSR count). The summed E-state index contributed by atoms with van der Waals surface area (Å²) in [6.45, 7) is 3.92. The van der Waals surface area contributed by atoms with E-state index in [1.807, 2.05) is 18.4 Å². The normalized spacial score (nSPS) is 11.6. The van der Waals surface area contributed by atoms with Gasteiger partial charge >= 0.3 is 6.18 Å². The van der Waals surface area contributed by atoms with Crippen LogP contribution in [0.3, 0.4) is 0 Å². The Balaban J connectivity index is 1.86. The van der Waals surface area contributed by atoms with Crippen molar-refractivity contribution in [2.75, 3.05) is 5.32 Å². The number of nitrogens with one attached hydrogen (secondary N) is 1. The molecule has 0 spiro atoms. The monoisotopic (exact) mass is 347 g/mol. The van der Waals surface area contributed by atoms with Crippen LogP contribution in [0.4, 0.5) is 24.7 Å². The highest BCUT2D eigenvalue weighted by atomic mass is 19.4. The average Bonchev–Trinajstić information content (AvgIpc) is 2.95. The molecule has 0 unspecified atom stereocenters. The molecule has 0 radical (unpaired) electrons. The van der Waals surface area contributed by atoms with Crippen molar-refractivity contribution in [2.45, 2.75) is 26.4 Å². The van der Waals surface area contributed by atoms with Crippen molar-refractivity contribution in [3.8, 4) is 5.82 Å². The lowest BCUT2D eigenvalue weighted by atomic mass is 10.2. The highest BCUT2D eigenvalue weighted by Gasteiger charge is 2.29. The SMILES string of the molecule is CCc1ncc(C)n1-c1cncc(Nc2ccc(C(F)(F)F)cc2)n1. The van der Waals surface area contributed by atoms with E-state index in [9.17, 15) is 13.2 Å². The van der Waals surface area contributed by atoms with Gasteiger partial charge in [-0.15, -0.1) is 0 Å². The van der Waals surface area contributed by atoms with Gasteiger partial charge < -0.3 is 5.32 Å². The number of aryl methyl sites for hydroxylation is 2. The van der Waals surface area contributed by atoms with Crippen LogP contribution in [0, 0.1) is 6.92 Å². The second kappa shape index (κ2) is 6.54. The first-order valence-corrected chi connectivity index (χ1v) is 7.68. The van der Waals surface area contributed by atoms with E-state index in [2.05, 4.69) is 20.3 Å². The van der Waals surface area contributed by atoms with Gasteiger partial charge in [0.1, 0.15) is 5.82 Å². The van der Waals surface area contributed by atoms with Crippen molar-refractivity contribution >= 4 is 11.5 Å². The van der Waals surface area contributed by atoms with Gasteiger partial charge in [0.05, 0.1) is 18.0 Å². The van der Waals surface area contributed by atoms with Crippen molar-refractivity contribution < 1.29 is 13.2 Å². The minimum absolute atomic E-state index is 0.437. The van der Waals surface area contributed by atoms with Crippen molar-refractivity contribution in [3.63, 3.8) is 0 Å². The lowest BCUT2D eigenvalue weighted by Crippen LogP contribution is -2.07. The highest BCUT2D eigenvalue weighted by Crippen LogP contribution is 2.30. The van der Waals surface area contributed by atoms with Gasteiger partial charge in [-0.05, 0) is 31.2 Å². The summed E-state index contributed by atoms with van der Waals surface area (Å²) >= 11 is 0. The Hall–Kier alpha value is -2.90. The summed E-state index contributed by atoms with van der Waals surface area (Å²) < 4.78 is 39.7. The number of benzene rings is 1. The number of nitrogens with zero attached hydrogens (tertiary/aromatic N) is 4. The number of halogens is 3. The zero-order chi connectivity index (χ0) is 18.0. The van der Waals surface area contributed by atoms with Gasteiger partial charge in [0.25, 0.3) is 0 Å². The van der Waals surface area contributed by atoms with Gasteiger partial charge in [-0.2, -0.15) is 13.2 Å². The average molecular weight is 347 g/mol. The minimum atomic E-state index is -4.35. The molecular formula is C17H16F3N5. The largest absolute Gasteiger partial charge is 0.416 e. The Kier molecular flexibility index (Phi) is 4.43. The number of alkyl halides is 3. The fourth-order valence-electron chi connectivity index (χ4n) is 2.46. The smallest absolute Gasteiger partial charge is 0.339 e. The zero-order valence-electron chi connectivity index (χ0n) is 13.7. The molecule has 0 aliphatic carbocycles. The molecule has 130 valence electrons. The van der Waals surface area contributed by atoms with E-state index in [1.165, 1.54) is 18.3 Å². The van der Waals surface area contributed by atoms with E-state index in [-0.39, 0.29) is 0 Å². The van der Waals surface area contributed by atoms with Crippen molar-refractivity contribution in [1.82, 2.24) is 19.5 Å². The Morgan fingerprint density at radius 1 is 1.08 bits per heavy atom. The van der Waals surface area contributed by atoms with E-state index in [0.717, 1.165) is 30.1 Å². The maximum atomic E-state index is 12.6. The summed E-state index contributed by atoms with van der Waals surface area (Å²) in [5.41, 5.74) is 0.731. The summed E-state index contributed by atoms with van der Waals surface area (Å²) in [5.74, 6) is 1.90. The third kappa shape index (κ3) is 3.62. The fraction of sp³-hybridized carbons (Fsp3) is 0.235. The first-order valence-electron chi connectivity index (χ1n) is 7.68. The van der Waals surface area contributed by atoms with Crippen LogP contribution in [-0.2, 0) is 12.6 Å². The number of rotatable bonds is 4. The first-order chi connectivity index (χ1) is 11.9. The van der Waals surface area contributed by atoms with Crippen LogP contribution in [0.2, 0.25) is 0 Å². The zero-order valence-corrected chi connectivity index (χ0v) is 13.7. The van der Waals surface area contributed by atoms with Crippen LogP contribution in [0.1, 0.15) is 24.0 Å². The fourth-order valence-corrected chi connectivity index (χ4v) is 2.46. The molecule has 2 heterocycles. The molecule has 1 aromatic carbocycles. The summed E-state index contributed by atoms with van der Waals surface area (Å²) in [5, 5.41) is 2.97. The quantitative estimate of drug-likeness (QED) is 0.765. The molecule has 2 aromatic heterocycles. The second-order valence-corrected chi connectivity index (χ2v) is 5.47. The molecule has 8 heteroatoms. The van der Waals surface area contributed by atoms with E-state index in [0.29, 0.717) is 17.3 Å². The van der Waals surface area contributed by atoms with Crippen molar-refractivity contribution in [3.05, 3.63) is 59.9 Å². The van der Waals surface area contributed by atoms with Crippen LogP contribution in [0.25, 0.3) is 5.82 Å². The second-order valence-electron chi connectivity index (χ2n) is 5.47. The summed E-state index contributed by atoms with van der Waals surface area (Å²) in [6, 6.07) is 4.76. The predicted octanol–water partition coefficient (Wildman–Crippen LogP) is 4.30. The Morgan fingerprint density at radius 3 is 2.44 bits per heavy atom. The number of hydrogen-bond donors (Lipinski definition) is 1. The molecule has 3 aromatic rings. The van der Waals surface area contributed by atoms with Gasteiger partial charge in [-0.25, -0.2) is 9.97 Å². The molecule has 0 amide bonds. The number of hydrogen-bond acceptors (Lipinski definition) is 4.